The molecule has 1 aromatic heterocycles. The first-order valence-electron chi connectivity index (χ1n) is 7.61. The van der Waals surface area contributed by atoms with Gasteiger partial charge in [0.2, 0.25) is 11.7 Å². The Bertz CT molecular complexity index is 877. The molecule has 0 aliphatic carbocycles. The summed E-state index contributed by atoms with van der Waals surface area (Å²) in [6.07, 6.45) is 0. The maximum Gasteiger partial charge on any atom is 0.252 e. The quantitative estimate of drug-likeness (QED) is 0.770. The summed E-state index contributed by atoms with van der Waals surface area (Å²) >= 11 is 0. The molecule has 1 amide bonds. The molecule has 25 heavy (non-hydrogen) atoms. The van der Waals surface area contributed by atoms with Gasteiger partial charge >= 0.3 is 0 Å². The zero-order valence-corrected chi connectivity index (χ0v) is 13.7. The highest BCUT2D eigenvalue weighted by Crippen LogP contribution is 2.20. The van der Waals surface area contributed by atoms with Crippen molar-refractivity contribution in [3.05, 3.63) is 65.8 Å². The average Bonchev–Trinajstić information content (AvgIpc) is 3.12. The lowest BCUT2D eigenvalue weighted by Gasteiger charge is -2.10. The molecule has 7 heteroatoms. The van der Waals surface area contributed by atoms with Crippen LogP contribution in [0.3, 0.4) is 0 Å². The molecule has 0 aliphatic rings. The zero-order chi connectivity index (χ0) is 17.8. The lowest BCUT2D eigenvalue weighted by molar-refractivity contribution is 0.0932. The summed E-state index contributed by atoms with van der Waals surface area (Å²) in [5, 5.41) is 6.65. The smallest absolute Gasteiger partial charge is 0.252 e. The second-order valence-corrected chi connectivity index (χ2v) is 5.39. The Hall–Kier alpha value is -3.22. The number of carbonyl (C=O) groups is 1. The molecule has 1 atom stereocenters. The zero-order valence-electron chi connectivity index (χ0n) is 13.7. The number of carbonyl (C=O) groups excluding carboxylic acids is 1. The summed E-state index contributed by atoms with van der Waals surface area (Å²) in [6, 6.07) is 12.1. The predicted octanol–water partition coefficient (Wildman–Crippen LogP) is 3.38. The van der Waals surface area contributed by atoms with Gasteiger partial charge in [0, 0.05) is 11.1 Å². The van der Waals surface area contributed by atoms with Gasteiger partial charge < -0.3 is 14.6 Å². The minimum absolute atomic E-state index is 0.260. The van der Waals surface area contributed by atoms with E-state index in [-0.39, 0.29) is 17.6 Å². The Kier molecular flexibility index (Phi) is 4.74. The molecular weight excluding hydrogens is 325 g/mol. The Balaban J connectivity index is 1.72. The number of ether oxygens (including phenoxy) is 1. The van der Waals surface area contributed by atoms with Crippen molar-refractivity contribution in [1.29, 1.82) is 0 Å². The van der Waals surface area contributed by atoms with Crippen molar-refractivity contribution in [2.75, 3.05) is 7.11 Å². The number of halogens is 1. The van der Waals surface area contributed by atoms with E-state index in [2.05, 4.69) is 15.5 Å². The van der Waals surface area contributed by atoms with Gasteiger partial charge in [-0.05, 0) is 49.4 Å². The van der Waals surface area contributed by atoms with Crippen LogP contribution in [0.4, 0.5) is 4.39 Å². The fourth-order valence-corrected chi connectivity index (χ4v) is 2.23. The van der Waals surface area contributed by atoms with Gasteiger partial charge in [0.15, 0.2) is 0 Å². The molecule has 0 aliphatic heterocycles. The summed E-state index contributed by atoms with van der Waals surface area (Å²) in [6.45, 7) is 1.74. The Labute approximate surface area is 143 Å². The normalized spacial score (nSPS) is 11.8. The summed E-state index contributed by atoms with van der Waals surface area (Å²) < 4.78 is 23.3. The largest absolute Gasteiger partial charge is 0.497 e. The Morgan fingerprint density at radius 2 is 2.00 bits per heavy atom. The highest BCUT2D eigenvalue weighted by molar-refractivity contribution is 5.94. The molecule has 0 radical (unpaired) electrons. The van der Waals surface area contributed by atoms with Crippen LogP contribution in [0.25, 0.3) is 11.4 Å². The molecular formula is C18H16FN3O3. The van der Waals surface area contributed by atoms with Gasteiger partial charge in [-0.25, -0.2) is 4.39 Å². The summed E-state index contributed by atoms with van der Waals surface area (Å²) in [5.74, 6) is 0.559. The first-order valence-corrected chi connectivity index (χ1v) is 7.61. The van der Waals surface area contributed by atoms with Crippen LogP contribution in [0.2, 0.25) is 0 Å². The average molecular weight is 341 g/mol. The van der Waals surface area contributed by atoms with Crippen LogP contribution >= 0.6 is 0 Å². The minimum atomic E-state index is -0.486. The molecule has 128 valence electrons. The van der Waals surface area contributed by atoms with Gasteiger partial charge in [-0.15, -0.1) is 0 Å². The minimum Gasteiger partial charge on any atom is -0.497 e. The van der Waals surface area contributed by atoms with Crippen molar-refractivity contribution in [1.82, 2.24) is 15.5 Å². The SMILES string of the molecule is COc1cccc(C(=O)N[C@H](C)c2nc(-c3ccc(F)cc3)no2)c1. The number of amides is 1. The van der Waals surface area contributed by atoms with E-state index < -0.39 is 6.04 Å². The van der Waals surface area contributed by atoms with Crippen LogP contribution in [-0.2, 0) is 0 Å². The van der Waals surface area contributed by atoms with E-state index in [1.165, 1.54) is 19.2 Å². The maximum absolute atomic E-state index is 13.0. The van der Waals surface area contributed by atoms with Crippen molar-refractivity contribution in [3.63, 3.8) is 0 Å². The van der Waals surface area contributed by atoms with Gasteiger partial charge in [-0.1, -0.05) is 11.2 Å². The number of hydrogen-bond acceptors (Lipinski definition) is 5. The van der Waals surface area contributed by atoms with E-state index in [4.69, 9.17) is 9.26 Å². The number of nitrogens with one attached hydrogen (secondary N) is 1. The van der Waals surface area contributed by atoms with Crippen molar-refractivity contribution >= 4 is 5.91 Å². The van der Waals surface area contributed by atoms with Gasteiger partial charge in [0.25, 0.3) is 5.91 Å². The van der Waals surface area contributed by atoms with E-state index in [0.717, 1.165) is 0 Å². The van der Waals surface area contributed by atoms with E-state index in [1.807, 2.05) is 0 Å². The number of hydrogen-bond donors (Lipinski definition) is 1. The lowest BCUT2D eigenvalue weighted by atomic mass is 10.2. The second kappa shape index (κ2) is 7.12. The summed E-state index contributed by atoms with van der Waals surface area (Å²) in [7, 11) is 1.54. The molecule has 3 rings (SSSR count). The van der Waals surface area contributed by atoms with Crippen molar-refractivity contribution < 1.29 is 18.4 Å². The molecule has 0 saturated heterocycles. The first kappa shape index (κ1) is 16.6. The molecule has 3 aromatic rings. The molecule has 0 spiro atoms. The summed E-state index contributed by atoms with van der Waals surface area (Å²) in [5.41, 5.74) is 1.09. The molecule has 0 saturated carbocycles. The van der Waals surface area contributed by atoms with Crippen molar-refractivity contribution in [2.45, 2.75) is 13.0 Å². The number of rotatable bonds is 5. The fraction of sp³-hybridized carbons (Fsp3) is 0.167. The number of nitrogens with zero attached hydrogens (tertiary/aromatic N) is 2. The Morgan fingerprint density at radius 1 is 1.24 bits per heavy atom. The van der Waals surface area contributed by atoms with Gasteiger partial charge in [0.1, 0.15) is 17.6 Å². The van der Waals surface area contributed by atoms with E-state index in [1.54, 1.807) is 43.3 Å². The first-order chi connectivity index (χ1) is 12.1. The third-order valence-corrected chi connectivity index (χ3v) is 3.59. The number of methoxy groups -OCH3 is 1. The highest BCUT2D eigenvalue weighted by atomic mass is 19.1. The third-order valence-electron chi connectivity index (χ3n) is 3.59. The van der Waals surface area contributed by atoms with Crippen LogP contribution in [0.1, 0.15) is 29.2 Å². The molecule has 0 fully saturated rings. The molecule has 0 unspecified atom stereocenters. The van der Waals surface area contributed by atoms with Gasteiger partial charge in [-0.2, -0.15) is 4.98 Å². The molecule has 2 aromatic carbocycles. The highest BCUT2D eigenvalue weighted by Gasteiger charge is 2.18. The molecule has 6 nitrogen and oxygen atoms in total. The third kappa shape index (κ3) is 3.82. The standard InChI is InChI=1S/C18H16FN3O3/c1-11(20-17(23)13-4-3-5-15(10-13)24-2)18-21-16(22-25-18)12-6-8-14(19)9-7-12/h3-11H,1-2H3,(H,20,23)/t11-/m1/s1. The monoisotopic (exact) mass is 341 g/mol. The molecule has 1 N–H and O–H groups in total. The predicted molar refractivity (Wildman–Crippen MR) is 88.6 cm³/mol. The second-order valence-electron chi connectivity index (χ2n) is 5.39. The van der Waals surface area contributed by atoms with E-state index >= 15 is 0 Å². The fourth-order valence-electron chi connectivity index (χ4n) is 2.23. The topological polar surface area (TPSA) is 77.2 Å². The number of aromatic nitrogens is 2. The van der Waals surface area contributed by atoms with Crippen molar-refractivity contribution in [2.24, 2.45) is 0 Å². The van der Waals surface area contributed by atoms with Crippen LogP contribution in [0.15, 0.2) is 53.1 Å². The van der Waals surface area contributed by atoms with Crippen LogP contribution in [0, 0.1) is 5.82 Å². The van der Waals surface area contributed by atoms with E-state index in [0.29, 0.717) is 22.7 Å². The van der Waals surface area contributed by atoms with Crippen LogP contribution in [0.5, 0.6) is 5.75 Å². The Morgan fingerprint density at radius 3 is 2.72 bits per heavy atom. The van der Waals surface area contributed by atoms with Crippen molar-refractivity contribution in [3.8, 4) is 17.1 Å². The lowest BCUT2D eigenvalue weighted by Crippen LogP contribution is -2.26. The van der Waals surface area contributed by atoms with Gasteiger partial charge in [0.05, 0.1) is 7.11 Å². The molecule has 0 bridgehead atoms. The number of benzene rings is 2. The van der Waals surface area contributed by atoms with Crippen LogP contribution < -0.4 is 10.1 Å². The molecule has 1 heterocycles. The maximum atomic E-state index is 13.0. The summed E-state index contributed by atoms with van der Waals surface area (Å²) in [4.78, 5) is 16.6. The van der Waals surface area contributed by atoms with Crippen LogP contribution in [-0.4, -0.2) is 23.2 Å². The van der Waals surface area contributed by atoms with E-state index in [9.17, 15) is 9.18 Å². The van der Waals surface area contributed by atoms with Gasteiger partial charge in [-0.3, -0.25) is 4.79 Å².